The van der Waals surface area contributed by atoms with Crippen LogP contribution in [0.1, 0.15) is 20.3 Å². The first-order valence-electron chi connectivity index (χ1n) is 3.72. The third-order valence-electron chi connectivity index (χ3n) is 0.831. The maximum absolute atomic E-state index is 9.00. The lowest BCUT2D eigenvalue weighted by molar-refractivity contribution is -0.134. The van der Waals surface area contributed by atoms with E-state index in [-0.39, 0.29) is 6.23 Å². The molecule has 0 aliphatic carbocycles. The molecule has 0 bridgehead atoms. The maximum atomic E-state index is 9.00. The summed E-state index contributed by atoms with van der Waals surface area (Å²) in [5, 5.41) is 7.42. The largest absolute Gasteiger partial charge is 0.481 e. The molecule has 3 N–H and O–H groups in total. The van der Waals surface area contributed by atoms with Gasteiger partial charge in [0.15, 0.2) is 0 Å². The molecule has 1 atom stereocenters. The zero-order valence-electron chi connectivity index (χ0n) is 7.62. The number of carboxylic acids is 1. The van der Waals surface area contributed by atoms with E-state index in [4.69, 9.17) is 20.4 Å². The van der Waals surface area contributed by atoms with Gasteiger partial charge in [-0.1, -0.05) is 13.0 Å². The highest BCUT2D eigenvalue weighted by molar-refractivity contribution is 5.62. The van der Waals surface area contributed by atoms with Crippen molar-refractivity contribution in [2.45, 2.75) is 26.5 Å². The first-order valence-corrected chi connectivity index (χ1v) is 3.72. The Hall–Kier alpha value is -0.870. The van der Waals surface area contributed by atoms with Gasteiger partial charge in [-0.15, -0.1) is 6.58 Å². The highest BCUT2D eigenvalue weighted by Gasteiger charge is 1.92. The molecule has 0 fully saturated rings. The number of ether oxygens (including phenoxy) is 1. The predicted molar refractivity (Wildman–Crippen MR) is 47.7 cm³/mol. The molecule has 0 amide bonds. The molecule has 0 aromatic carbocycles. The van der Waals surface area contributed by atoms with Crippen molar-refractivity contribution in [2.75, 3.05) is 6.61 Å². The van der Waals surface area contributed by atoms with Crippen LogP contribution in [0.3, 0.4) is 0 Å². The van der Waals surface area contributed by atoms with E-state index in [2.05, 4.69) is 6.58 Å². The van der Waals surface area contributed by atoms with Crippen LogP contribution in [0.5, 0.6) is 0 Å². The van der Waals surface area contributed by atoms with Crippen molar-refractivity contribution in [1.29, 1.82) is 0 Å². The second-order valence-corrected chi connectivity index (χ2v) is 2.09. The van der Waals surface area contributed by atoms with Crippen molar-refractivity contribution in [2.24, 2.45) is 5.73 Å². The molecule has 0 aliphatic rings. The molecule has 0 spiro atoms. The number of carboxylic acid groups (broad SMARTS) is 1. The molecule has 4 nitrogen and oxygen atoms in total. The number of aliphatic carboxylic acids is 1. The average Bonchev–Trinajstić information content (AvgIpc) is 1.99. The topological polar surface area (TPSA) is 72.5 Å². The number of nitrogens with two attached hydrogens (primary N) is 1. The van der Waals surface area contributed by atoms with Crippen molar-refractivity contribution in [1.82, 2.24) is 0 Å². The Morgan fingerprint density at radius 2 is 2.25 bits per heavy atom. The van der Waals surface area contributed by atoms with E-state index in [9.17, 15) is 0 Å². The molecule has 12 heavy (non-hydrogen) atoms. The van der Waals surface area contributed by atoms with Crippen LogP contribution in [-0.2, 0) is 9.53 Å². The SMILES string of the molecule is C=CCOC(N)CC.CC(=O)O. The van der Waals surface area contributed by atoms with Gasteiger partial charge in [0, 0.05) is 6.92 Å². The minimum Gasteiger partial charge on any atom is -0.481 e. The smallest absolute Gasteiger partial charge is 0.300 e. The lowest BCUT2D eigenvalue weighted by atomic mass is 10.4. The first-order chi connectivity index (χ1) is 5.54. The molecule has 0 radical (unpaired) electrons. The third kappa shape index (κ3) is 22.9. The summed E-state index contributed by atoms with van der Waals surface area (Å²) < 4.78 is 5.00. The highest BCUT2D eigenvalue weighted by atomic mass is 16.5. The summed E-state index contributed by atoms with van der Waals surface area (Å²) in [6.07, 6.45) is 2.43. The molecule has 0 heterocycles. The van der Waals surface area contributed by atoms with Crippen molar-refractivity contribution < 1.29 is 14.6 Å². The van der Waals surface area contributed by atoms with Gasteiger partial charge in [0.1, 0.15) is 6.23 Å². The van der Waals surface area contributed by atoms with E-state index in [1.165, 1.54) is 0 Å². The molecule has 0 saturated heterocycles. The molecule has 0 aliphatic heterocycles. The summed E-state index contributed by atoms with van der Waals surface area (Å²) >= 11 is 0. The summed E-state index contributed by atoms with van der Waals surface area (Å²) in [6, 6.07) is 0. The average molecular weight is 175 g/mol. The van der Waals surface area contributed by atoms with Gasteiger partial charge in [-0.3, -0.25) is 4.79 Å². The van der Waals surface area contributed by atoms with E-state index in [1.54, 1.807) is 6.08 Å². The molecule has 4 heteroatoms. The molecular formula is C8H17NO3. The van der Waals surface area contributed by atoms with Gasteiger partial charge in [0.05, 0.1) is 6.61 Å². The zero-order chi connectivity index (χ0) is 9.98. The van der Waals surface area contributed by atoms with Gasteiger partial charge in [-0.25, -0.2) is 0 Å². The lowest BCUT2D eigenvalue weighted by Gasteiger charge is -2.06. The normalized spacial score (nSPS) is 10.9. The summed E-state index contributed by atoms with van der Waals surface area (Å²) in [5.74, 6) is -0.833. The summed E-state index contributed by atoms with van der Waals surface area (Å²) in [5.41, 5.74) is 5.39. The van der Waals surface area contributed by atoms with Crippen molar-refractivity contribution in [3.8, 4) is 0 Å². The highest BCUT2D eigenvalue weighted by Crippen LogP contribution is 1.87. The van der Waals surface area contributed by atoms with Gasteiger partial charge in [-0.05, 0) is 6.42 Å². The fourth-order valence-electron chi connectivity index (χ4n) is 0.309. The molecule has 0 saturated carbocycles. The van der Waals surface area contributed by atoms with E-state index in [0.29, 0.717) is 6.61 Å². The summed E-state index contributed by atoms with van der Waals surface area (Å²) in [6.45, 7) is 7.10. The number of carbonyl (C=O) groups is 1. The second kappa shape index (κ2) is 10.1. The maximum Gasteiger partial charge on any atom is 0.300 e. The monoisotopic (exact) mass is 175 g/mol. The number of hydrogen-bond acceptors (Lipinski definition) is 3. The Bertz CT molecular complexity index is 121. The van der Waals surface area contributed by atoms with Crippen LogP contribution in [0.15, 0.2) is 12.7 Å². The molecule has 72 valence electrons. The molecule has 0 aromatic rings. The van der Waals surface area contributed by atoms with Crippen LogP contribution in [0.4, 0.5) is 0 Å². The fourth-order valence-corrected chi connectivity index (χ4v) is 0.309. The van der Waals surface area contributed by atoms with Crippen LogP contribution in [0.2, 0.25) is 0 Å². The van der Waals surface area contributed by atoms with Crippen LogP contribution in [0, 0.1) is 0 Å². The van der Waals surface area contributed by atoms with Crippen LogP contribution >= 0.6 is 0 Å². The van der Waals surface area contributed by atoms with Gasteiger partial charge < -0.3 is 15.6 Å². The lowest BCUT2D eigenvalue weighted by Crippen LogP contribution is -2.22. The molecule has 0 rings (SSSR count). The van der Waals surface area contributed by atoms with Gasteiger partial charge in [-0.2, -0.15) is 0 Å². The van der Waals surface area contributed by atoms with E-state index in [0.717, 1.165) is 13.3 Å². The van der Waals surface area contributed by atoms with Crippen molar-refractivity contribution >= 4 is 5.97 Å². The van der Waals surface area contributed by atoms with Gasteiger partial charge in [0.25, 0.3) is 5.97 Å². The van der Waals surface area contributed by atoms with Crippen molar-refractivity contribution in [3.05, 3.63) is 12.7 Å². The fraction of sp³-hybridized carbons (Fsp3) is 0.625. The Morgan fingerprint density at radius 3 is 2.50 bits per heavy atom. The van der Waals surface area contributed by atoms with E-state index in [1.807, 2.05) is 6.92 Å². The minimum absolute atomic E-state index is 0.118. The van der Waals surface area contributed by atoms with Crippen LogP contribution < -0.4 is 5.73 Å². The number of hydrogen-bond donors (Lipinski definition) is 2. The quantitative estimate of drug-likeness (QED) is 0.493. The zero-order valence-corrected chi connectivity index (χ0v) is 7.62. The van der Waals surface area contributed by atoms with Crippen molar-refractivity contribution in [3.63, 3.8) is 0 Å². The van der Waals surface area contributed by atoms with Crippen LogP contribution in [0.25, 0.3) is 0 Å². The second-order valence-electron chi connectivity index (χ2n) is 2.09. The number of rotatable bonds is 4. The molecule has 1 unspecified atom stereocenters. The summed E-state index contributed by atoms with van der Waals surface area (Å²) in [4.78, 5) is 9.00. The predicted octanol–water partition coefficient (Wildman–Crippen LogP) is 0.975. The standard InChI is InChI=1S/C6H13NO.C2H4O2/c1-3-5-8-6(7)4-2;1-2(3)4/h3,6H,1,4-5,7H2,2H3;1H3,(H,3,4). The Balaban J connectivity index is 0. The Morgan fingerprint density at radius 1 is 1.83 bits per heavy atom. The first kappa shape index (κ1) is 13.7. The Labute approximate surface area is 73.0 Å². The molecule has 0 aromatic heterocycles. The van der Waals surface area contributed by atoms with E-state index >= 15 is 0 Å². The van der Waals surface area contributed by atoms with Gasteiger partial charge in [0.2, 0.25) is 0 Å². The Kier molecular flexibility index (Phi) is 11.6. The molecular weight excluding hydrogens is 158 g/mol. The van der Waals surface area contributed by atoms with Gasteiger partial charge >= 0.3 is 0 Å². The van der Waals surface area contributed by atoms with E-state index < -0.39 is 5.97 Å². The summed E-state index contributed by atoms with van der Waals surface area (Å²) in [7, 11) is 0. The third-order valence-corrected chi connectivity index (χ3v) is 0.831. The van der Waals surface area contributed by atoms with Crippen LogP contribution in [-0.4, -0.2) is 23.9 Å². The minimum atomic E-state index is -0.833.